The number of hydrogen-bond donors (Lipinski definition) is 1. The highest BCUT2D eigenvalue weighted by Crippen LogP contribution is 2.29. The van der Waals surface area contributed by atoms with E-state index in [1.807, 2.05) is 0 Å². The molecule has 2 rings (SSSR count). The summed E-state index contributed by atoms with van der Waals surface area (Å²) >= 11 is 1.19. The molecule has 0 bridgehead atoms. The van der Waals surface area contributed by atoms with E-state index in [0.29, 0.717) is 4.70 Å². The standard InChI is InChI=1S/C11H11FN2O3S/c1-16-10(15)7(13)5-17-11-14-9-6(12)3-2-4-8(9)18-11/h2-4,7H,5,13H2,1H3. The van der Waals surface area contributed by atoms with E-state index in [-0.39, 0.29) is 17.3 Å². The third-order valence-electron chi connectivity index (χ3n) is 2.24. The number of methoxy groups -OCH3 is 1. The molecule has 7 heteroatoms. The topological polar surface area (TPSA) is 74.4 Å². The molecule has 18 heavy (non-hydrogen) atoms. The number of para-hydroxylation sites is 1. The maximum absolute atomic E-state index is 13.4. The predicted octanol–water partition coefficient (Wildman–Crippen LogP) is 1.31. The Morgan fingerprint density at radius 3 is 3.06 bits per heavy atom. The van der Waals surface area contributed by atoms with Crippen molar-refractivity contribution >= 4 is 27.5 Å². The van der Waals surface area contributed by atoms with Crippen molar-refractivity contribution in [2.24, 2.45) is 5.73 Å². The van der Waals surface area contributed by atoms with E-state index in [1.54, 1.807) is 12.1 Å². The van der Waals surface area contributed by atoms with Crippen LogP contribution < -0.4 is 10.5 Å². The van der Waals surface area contributed by atoms with Gasteiger partial charge in [0, 0.05) is 0 Å². The summed E-state index contributed by atoms with van der Waals surface area (Å²) in [5.74, 6) is -0.974. The van der Waals surface area contributed by atoms with Crippen LogP contribution in [-0.4, -0.2) is 30.7 Å². The summed E-state index contributed by atoms with van der Waals surface area (Å²) in [6.45, 7) is -0.0614. The summed E-state index contributed by atoms with van der Waals surface area (Å²) < 4.78 is 23.8. The summed E-state index contributed by atoms with van der Waals surface area (Å²) in [5.41, 5.74) is 5.76. The van der Waals surface area contributed by atoms with E-state index in [9.17, 15) is 9.18 Å². The van der Waals surface area contributed by atoms with Gasteiger partial charge in [0.2, 0.25) is 0 Å². The van der Waals surface area contributed by atoms with Crippen LogP contribution in [-0.2, 0) is 9.53 Å². The highest BCUT2D eigenvalue weighted by molar-refractivity contribution is 7.20. The lowest BCUT2D eigenvalue weighted by Crippen LogP contribution is -2.37. The van der Waals surface area contributed by atoms with Crippen LogP contribution in [0.25, 0.3) is 10.2 Å². The number of halogens is 1. The molecule has 5 nitrogen and oxygen atoms in total. The average molecular weight is 270 g/mol. The smallest absolute Gasteiger partial charge is 0.326 e. The molecule has 2 N–H and O–H groups in total. The first-order chi connectivity index (χ1) is 8.61. The molecule has 1 heterocycles. The molecule has 1 aromatic heterocycles. The zero-order valence-electron chi connectivity index (χ0n) is 9.55. The van der Waals surface area contributed by atoms with Crippen molar-refractivity contribution in [3.05, 3.63) is 24.0 Å². The third-order valence-corrected chi connectivity index (χ3v) is 3.17. The first-order valence-electron chi connectivity index (χ1n) is 5.13. The normalized spacial score (nSPS) is 12.4. The first kappa shape index (κ1) is 12.7. The molecule has 0 fully saturated rings. The van der Waals surface area contributed by atoms with E-state index in [0.717, 1.165) is 0 Å². The van der Waals surface area contributed by atoms with Gasteiger partial charge in [-0.3, -0.25) is 4.79 Å². The van der Waals surface area contributed by atoms with Gasteiger partial charge in [-0.05, 0) is 12.1 Å². The van der Waals surface area contributed by atoms with Gasteiger partial charge in [0.15, 0.2) is 0 Å². The van der Waals surface area contributed by atoms with Gasteiger partial charge in [0.05, 0.1) is 11.8 Å². The molecule has 0 saturated carbocycles. The van der Waals surface area contributed by atoms with Crippen LogP contribution in [0.15, 0.2) is 18.2 Å². The number of nitrogens with zero attached hydrogens (tertiary/aromatic N) is 1. The zero-order chi connectivity index (χ0) is 13.1. The van der Waals surface area contributed by atoms with Crippen LogP contribution in [0.3, 0.4) is 0 Å². The largest absolute Gasteiger partial charge is 0.468 e. The number of rotatable bonds is 4. The van der Waals surface area contributed by atoms with Gasteiger partial charge in [0.1, 0.15) is 24.0 Å². The molecular formula is C11H11FN2O3S. The van der Waals surface area contributed by atoms with Crippen molar-refractivity contribution in [3.63, 3.8) is 0 Å². The Hall–Kier alpha value is -1.73. The van der Waals surface area contributed by atoms with Gasteiger partial charge >= 0.3 is 5.97 Å². The average Bonchev–Trinajstić information content (AvgIpc) is 2.79. The van der Waals surface area contributed by atoms with Gasteiger partial charge in [-0.2, -0.15) is 4.98 Å². The molecule has 0 aliphatic heterocycles. The minimum atomic E-state index is -0.883. The highest BCUT2D eigenvalue weighted by atomic mass is 32.1. The molecule has 0 saturated heterocycles. The number of nitrogens with two attached hydrogens (primary N) is 1. The second-order valence-corrected chi connectivity index (χ2v) is 4.50. The molecule has 0 spiro atoms. The lowest BCUT2D eigenvalue weighted by Gasteiger charge is -2.08. The zero-order valence-corrected chi connectivity index (χ0v) is 10.4. The predicted molar refractivity (Wildman–Crippen MR) is 65.1 cm³/mol. The fourth-order valence-electron chi connectivity index (χ4n) is 1.34. The lowest BCUT2D eigenvalue weighted by molar-refractivity contribution is -0.142. The fraction of sp³-hybridized carbons (Fsp3) is 0.273. The molecule has 1 atom stereocenters. The van der Waals surface area contributed by atoms with E-state index in [1.165, 1.54) is 24.5 Å². The molecule has 96 valence electrons. The van der Waals surface area contributed by atoms with Gasteiger partial charge in [-0.25, -0.2) is 4.39 Å². The summed E-state index contributed by atoms with van der Waals surface area (Å²) in [6, 6.07) is 3.78. The molecule has 2 aromatic rings. The Bertz CT molecular complexity index is 572. The Balaban J connectivity index is 2.09. The molecule has 0 radical (unpaired) electrons. The summed E-state index contributed by atoms with van der Waals surface area (Å²) in [5, 5.41) is 0.273. The number of carbonyl (C=O) groups is 1. The summed E-state index contributed by atoms with van der Waals surface area (Å²) in [4.78, 5) is 15.0. The van der Waals surface area contributed by atoms with Crippen LogP contribution >= 0.6 is 11.3 Å². The number of thiazole rings is 1. The molecule has 0 aliphatic carbocycles. The van der Waals surface area contributed by atoms with Crippen LogP contribution in [0.5, 0.6) is 5.19 Å². The first-order valence-corrected chi connectivity index (χ1v) is 5.94. The molecule has 0 aliphatic rings. The van der Waals surface area contributed by atoms with Crippen LogP contribution in [0, 0.1) is 5.82 Å². The van der Waals surface area contributed by atoms with Gasteiger partial charge < -0.3 is 15.2 Å². The SMILES string of the molecule is COC(=O)C(N)COc1nc2c(F)cccc2s1. The second-order valence-electron chi connectivity index (χ2n) is 3.51. The highest BCUT2D eigenvalue weighted by Gasteiger charge is 2.16. The van der Waals surface area contributed by atoms with Crippen molar-refractivity contribution in [3.8, 4) is 5.19 Å². The number of aromatic nitrogens is 1. The third kappa shape index (κ3) is 2.57. The Morgan fingerprint density at radius 2 is 2.39 bits per heavy atom. The van der Waals surface area contributed by atoms with E-state index in [4.69, 9.17) is 10.5 Å². The number of ether oxygens (including phenoxy) is 2. The number of carbonyl (C=O) groups excluding carboxylic acids is 1. The Morgan fingerprint density at radius 1 is 1.61 bits per heavy atom. The van der Waals surface area contributed by atoms with Crippen molar-refractivity contribution < 1.29 is 18.7 Å². The lowest BCUT2D eigenvalue weighted by atomic mass is 10.3. The van der Waals surface area contributed by atoms with E-state index in [2.05, 4.69) is 9.72 Å². The maximum Gasteiger partial charge on any atom is 0.326 e. The van der Waals surface area contributed by atoms with Crippen molar-refractivity contribution in [2.75, 3.05) is 13.7 Å². The quantitative estimate of drug-likeness (QED) is 0.848. The van der Waals surface area contributed by atoms with Crippen LogP contribution in [0.2, 0.25) is 0 Å². The minimum Gasteiger partial charge on any atom is -0.468 e. The van der Waals surface area contributed by atoms with Crippen molar-refractivity contribution in [1.82, 2.24) is 4.98 Å². The molecule has 1 unspecified atom stereocenters. The Kier molecular flexibility index (Phi) is 3.73. The molecule has 0 amide bonds. The van der Waals surface area contributed by atoms with Crippen LogP contribution in [0.1, 0.15) is 0 Å². The fourth-order valence-corrected chi connectivity index (χ4v) is 2.18. The minimum absolute atomic E-state index is 0.0614. The van der Waals surface area contributed by atoms with Crippen molar-refractivity contribution in [2.45, 2.75) is 6.04 Å². The van der Waals surface area contributed by atoms with E-state index >= 15 is 0 Å². The molecular weight excluding hydrogens is 259 g/mol. The summed E-state index contributed by atoms with van der Waals surface area (Å²) in [6.07, 6.45) is 0. The van der Waals surface area contributed by atoms with Crippen LogP contribution in [0.4, 0.5) is 4.39 Å². The van der Waals surface area contributed by atoms with Gasteiger partial charge in [0.25, 0.3) is 5.19 Å². The monoisotopic (exact) mass is 270 g/mol. The van der Waals surface area contributed by atoms with E-state index < -0.39 is 17.8 Å². The number of esters is 1. The van der Waals surface area contributed by atoms with Crippen molar-refractivity contribution in [1.29, 1.82) is 0 Å². The second kappa shape index (κ2) is 5.28. The molecule has 1 aromatic carbocycles. The summed E-state index contributed by atoms with van der Waals surface area (Å²) in [7, 11) is 1.25. The maximum atomic E-state index is 13.4. The number of fused-ring (bicyclic) bond motifs is 1. The Labute approximate surface area is 106 Å². The number of benzene rings is 1. The van der Waals surface area contributed by atoms with Gasteiger partial charge in [-0.15, -0.1) is 0 Å². The number of hydrogen-bond acceptors (Lipinski definition) is 6. The van der Waals surface area contributed by atoms with Gasteiger partial charge in [-0.1, -0.05) is 17.4 Å².